The number of benzene rings is 1. The SMILES string of the molecule is CC1CC(C)CC(Oc2ccc(CBr)cc2Br)C1. The third kappa shape index (κ3) is 3.74. The summed E-state index contributed by atoms with van der Waals surface area (Å²) >= 11 is 7.07. The molecule has 2 atom stereocenters. The van der Waals surface area contributed by atoms with Crippen LogP contribution in [0.3, 0.4) is 0 Å². The van der Waals surface area contributed by atoms with Gasteiger partial charge in [-0.15, -0.1) is 0 Å². The number of alkyl halides is 1. The lowest BCUT2D eigenvalue weighted by molar-refractivity contribution is 0.100. The molecule has 0 heterocycles. The monoisotopic (exact) mass is 374 g/mol. The van der Waals surface area contributed by atoms with E-state index in [0.717, 1.165) is 27.4 Å². The largest absolute Gasteiger partial charge is 0.489 e. The second-order valence-corrected chi connectivity index (χ2v) is 6.97. The summed E-state index contributed by atoms with van der Waals surface area (Å²) in [7, 11) is 0. The maximum Gasteiger partial charge on any atom is 0.133 e. The highest BCUT2D eigenvalue weighted by Crippen LogP contribution is 2.34. The average Bonchev–Trinajstić information content (AvgIpc) is 2.30. The highest BCUT2D eigenvalue weighted by molar-refractivity contribution is 9.10. The first-order valence-electron chi connectivity index (χ1n) is 6.59. The highest BCUT2D eigenvalue weighted by atomic mass is 79.9. The van der Waals surface area contributed by atoms with Crippen LogP contribution in [0.4, 0.5) is 0 Å². The van der Waals surface area contributed by atoms with Gasteiger partial charge in [-0.2, -0.15) is 0 Å². The van der Waals surface area contributed by atoms with Crippen molar-refractivity contribution in [2.45, 2.75) is 44.5 Å². The van der Waals surface area contributed by atoms with Gasteiger partial charge in [0.1, 0.15) is 5.75 Å². The van der Waals surface area contributed by atoms with Gasteiger partial charge in [-0.1, -0.05) is 35.8 Å². The molecule has 1 aliphatic carbocycles. The van der Waals surface area contributed by atoms with Gasteiger partial charge in [-0.25, -0.2) is 0 Å². The maximum absolute atomic E-state index is 6.16. The zero-order valence-corrected chi connectivity index (χ0v) is 14.1. The molecule has 2 rings (SSSR count). The van der Waals surface area contributed by atoms with Crippen molar-refractivity contribution in [2.24, 2.45) is 11.8 Å². The average molecular weight is 376 g/mol. The van der Waals surface area contributed by atoms with Gasteiger partial charge in [-0.05, 0) is 64.7 Å². The zero-order chi connectivity index (χ0) is 13.1. The van der Waals surface area contributed by atoms with E-state index in [1.165, 1.54) is 24.8 Å². The molecular weight excluding hydrogens is 356 g/mol. The van der Waals surface area contributed by atoms with Crippen LogP contribution in [0.25, 0.3) is 0 Å². The van der Waals surface area contributed by atoms with Crippen LogP contribution in [-0.4, -0.2) is 6.10 Å². The van der Waals surface area contributed by atoms with Crippen LogP contribution in [0.5, 0.6) is 5.75 Å². The fraction of sp³-hybridized carbons (Fsp3) is 0.600. The lowest BCUT2D eigenvalue weighted by atomic mass is 9.82. The van der Waals surface area contributed by atoms with Gasteiger partial charge in [-0.3, -0.25) is 0 Å². The molecule has 0 amide bonds. The molecule has 1 aromatic rings. The number of hydrogen-bond donors (Lipinski definition) is 0. The van der Waals surface area contributed by atoms with Gasteiger partial charge >= 0.3 is 0 Å². The van der Waals surface area contributed by atoms with Crippen molar-refractivity contribution in [1.29, 1.82) is 0 Å². The minimum absolute atomic E-state index is 0.370. The van der Waals surface area contributed by atoms with Crippen molar-refractivity contribution >= 4 is 31.9 Å². The van der Waals surface area contributed by atoms with Gasteiger partial charge in [0.2, 0.25) is 0 Å². The Balaban J connectivity index is 2.04. The molecule has 1 aromatic carbocycles. The van der Waals surface area contributed by atoms with Gasteiger partial charge in [0.25, 0.3) is 0 Å². The summed E-state index contributed by atoms with van der Waals surface area (Å²) in [6, 6.07) is 6.31. The van der Waals surface area contributed by atoms with E-state index in [4.69, 9.17) is 4.74 Å². The second kappa shape index (κ2) is 6.42. The van der Waals surface area contributed by atoms with Crippen molar-refractivity contribution in [2.75, 3.05) is 0 Å². The summed E-state index contributed by atoms with van der Waals surface area (Å²) < 4.78 is 7.22. The van der Waals surface area contributed by atoms with E-state index in [1.807, 2.05) is 0 Å². The van der Waals surface area contributed by atoms with E-state index in [0.29, 0.717) is 6.10 Å². The highest BCUT2D eigenvalue weighted by Gasteiger charge is 2.25. The van der Waals surface area contributed by atoms with Crippen molar-refractivity contribution in [3.8, 4) is 5.75 Å². The van der Waals surface area contributed by atoms with Gasteiger partial charge < -0.3 is 4.74 Å². The first-order valence-corrected chi connectivity index (χ1v) is 8.51. The van der Waals surface area contributed by atoms with E-state index in [1.54, 1.807) is 0 Å². The first-order chi connectivity index (χ1) is 8.58. The molecule has 2 unspecified atom stereocenters. The van der Waals surface area contributed by atoms with Crippen LogP contribution in [-0.2, 0) is 5.33 Å². The van der Waals surface area contributed by atoms with Crippen LogP contribution < -0.4 is 4.74 Å². The van der Waals surface area contributed by atoms with Crippen LogP contribution in [0.15, 0.2) is 22.7 Å². The Morgan fingerprint density at radius 3 is 2.39 bits per heavy atom. The summed E-state index contributed by atoms with van der Waals surface area (Å²) in [6.07, 6.45) is 4.06. The molecule has 0 saturated heterocycles. The predicted octanol–water partition coefficient (Wildman–Crippen LogP) is 5.55. The summed E-state index contributed by atoms with van der Waals surface area (Å²) in [5, 5.41) is 0.878. The van der Waals surface area contributed by atoms with Crippen molar-refractivity contribution in [3.63, 3.8) is 0 Å². The third-order valence-electron chi connectivity index (χ3n) is 3.58. The van der Waals surface area contributed by atoms with Crippen LogP contribution in [0.1, 0.15) is 38.7 Å². The molecule has 0 radical (unpaired) electrons. The topological polar surface area (TPSA) is 9.23 Å². The minimum Gasteiger partial charge on any atom is -0.489 e. The lowest BCUT2D eigenvalue weighted by Gasteiger charge is -2.32. The molecule has 100 valence electrons. The molecule has 0 aromatic heterocycles. The molecule has 0 N–H and O–H groups in total. The van der Waals surface area contributed by atoms with Gasteiger partial charge in [0.05, 0.1) is 10.6 Å². The standard InChI is InChI=1S/C15H20Br2O/c1-10-5-11(2)7-13(6-10)18-15-4-3-12(9-16)8-14(15)17/h3-4,8,10-11,13H,5-7,9H2,1-2H3. The number of ether oxygens (including phenoxy) is 1. The summed E-state index contributed by atoms with van der Waals surface area (Å²) in [5.41, 5.74) is 1.26. The van der Waals surface area contributed by atoms with E-state index in [9.17, 15) is 0 Å². The Labute approximate surface area is 127 Å². The number of halogens is 2. The molecule has 1 nitrogen and oxygen atoms in total. The van der Waals surface area contributed by atoms with E-state index >= 15 is 0 Å². The lowest BCUT2D eigenvalue weighted by Crippen LogP contribution is -2.28. The van der Waals surface area contributed by atoms with Crippen molar-refractivity contribution < 1.29 is 4.74 Å². The Morgan fingerprint density at radius 2 is 1.83 bits per heavy atom. The fourth-order valence-corrected chi connectivity index (χ4v) is 3.74. The molecule has 18 heavy (non-hydrogen) atoms. The maximum atomic E-state index is 6.16. The predicted molar refractivity (Wildman–Crippen MR) is 83.4 cm³/mol. The molecule has 0 aliphatic heterocycles. The van der Waals surface area contributed by atoms with Crippen LogP contribution in [0, 0.1) is 11.8 Å². The Hall–Kier alpha value is -0.0200. The second-order valence-electron chi connectivity index (χ2n) is 5.56. The molecular formula is C15H20Br2O. The van der Waals surface area contributed by atoms with E-state index in [-0.39, 0.29) is 0 Å². The Kier molecular flexibility index (Phi) is 5.14. The molecule has 0 bridgehead atoms. The molecule has 1 fully saturated rings. The zero-order valence-electron chi connectivity index (χ0n) is 11.0. The smallest absolute Gasteiger partial charge is 0.133 e. The molecule has 1 aliphatic rings. The van der Waals surface area contributed by atoms with Crippen molar-refractivity contribution in [1.82, 2.24) is 0 Å². The summed E-state index contributed by atoms with van der Waals surface area (Å²) in [6.45, 7) is 4.66. The Morgan fingerprint density at radius 1 is 1.17 bits per heavy atom. The molecule has 0 spiro atoms. The third-order valence-corrected chi connectivity index (χ3v) is 4.85. The van der Waals surface area contributed by atoms with E-state index < -0.39 is 0 Å². The normalized spacial score (nSPS) is 28.1. The van der Waals surface area contributed by atoms with Gasteiger partial charge in [0, 0.05) is 5.33 Å². The molecule has 1 saturated carbocycles. The van der Waals surface area contributed by atoms with Gasteiger partial charge in [0.15, 0.2) is 0 Å². The number of rotatable bonds is 3. The quantitative estimate of drug-likeness (QED) is 0.629. The van der Waals surface area contributed by atoms with E-state index in [2.05, 4.69) is 63.9 Å². The summed E-state index contributed by atoms with van der Waals surface area (Å²) in [5.74, 6) is 2.53. The Bertz CT molecular complexity index is 395. The minimum atomic E-state index is 0.370. The first kappa shape index (κ1) is 14.4. The molecule has 3 heteroatoms. The van der Waals surface area contributed by atoms with Crippen molar-refractivity contribution in [3.05, 3.63) is 28.2 Å². The van der Waals surface area contributed by atoms with Crippen LogP contribution >= 0.6 is 31.9 Å². The number of hydrogen-bond acceptors (Lipinski definition) is 1. The van der Waals surface area contributed by atoms with Crippen LogP contribution in [0.2, 0.25) is 0 Å². The fourth-order valence-electron chi connectivity index (χ4n) is 2.87. The summed E-state index contributed by atoms with van der Waals surface area (Å²) in [4.78, 5) is 0.